The van der Waals surface area contributed by atoms with Gasteiger partial charge in [0.15, 0.2) is 0 Å². The van der Waals surface area contributed by atoms with E-state index in [0.717, 1.165) is 6.61 Å². The second-order valence-electron chi connectivity index (χ2n) is 4.69. The Labute approximate surface area is 101 Å². The van der Waals surface area contributed by atoms with Crippen molar-refractivity contribution in [1.29, 1.82) is 0 Å². The highest BCUT2D eigenvalue weighted by atomic mass is 127. The molecule has 0 aliphatic rings. The summed E-state index contributed by atoms with van der Waals surface area (Å²) >= 11 is 2.31. The van der Waals surface area contributed by atoms with E-state index in [9.17, 15) is 0 Å². The van der Waals surface area contributed by atoms with E-state index >= 15 is 0 Å². The van der Waals surface area contributed by atoms with Crippen LogP contribution < -0.4 is 0 Å². The average Bonchev–Trinajstić information content (AvgIpc) is 2.44. The largest absolute Gasteiger partial charge is 0.361 e. The van der Waals surface area contributed by atoms with Crippen LogP contribution in [0.5, 0.6) is 0 Å². The highest BCUT2D eigenvalue weighted by Crippen LogP contribution is 2.08. The molecule has 0 amide bonds. The molecule has 0 N–H and O–H groups in total. The van der Waals surface area contributed by atoms with Gasteiger partial charge in [0.1, 0.15) is 6.73 Å². The predicted octanol–water partition coefficient (Wildman–Crippen LogP) is 3.41. The van der Waals surface area contributed by atoms with E-state index in [0.29, 0.717) is 6.73 Å². The Balaban J connectivity index is 2.16. The third-order valence-corrected chi connectivity index (χ3v) is 4.29. The molecule has 80 valence electrons. The zero-order chi connectivity index (χ0) is 10.6. The van der Waals surface area contributed by atoms with E-state index in [1.54, 1.807) is 0 Å². The Morgan fingerprint density at radius 1 is 1.43 bits per heavy atom. The fourth-order valence-corrected chi connectivity index (χ4v) is 2.32. The lowest BCUT2D eigenvalue weighted by atomic mass is 10.7. The zero-order valence-corrected chi connectivity index (χ0v) is 12.2. The van der Waals surface area contributed by atoms with Gasteiger partial charge in [-0.1, -0.05) is 19.6 Å². The van der Waals surface area contributed by atoms with E-state index < -0.39 is 8.07 Å². The number of nitrogens with zero attached hydrogens (tertiary/aromatic N) is 1. The summed E-state index contributed by atoms with van der Waals surface area (Å²) in [6.45, 7) is 8.69. The number of ether oxygens (including phenoxy) is 1. The van der Waals surface area contributed by atoms with E-state index in [4.69, 9.17) is 4.74 Å². The smallest absolute Gasteiger partial charge is 0.122 e. The highest BCUT2D eigenvalue weighted by Gasteiger charge is 2.11. The van der Waals surface area contributed by atoms with Gasteiger partial charge in [-0.2, -0.15) is 0 Å². The molecule has 2 nitrogen and oxygen atoms in total. The Hall–Kier alpha value is 0.187. The molecule has 0 aliphatic heterocycles. The van der Waals surface area contributed by atoms with Crippen molar-refractivity contribution in [2.24, 2.45) is 0 Å². The van der Waals surface area contributed by atoms with Crippen molar-refractivity contribution in [3.05, 3.63) is 22.0 Å². The standard InChI is InChI=1S/C10H18INOSi/c1-14(2,3)7-6-13-9-12-5-4-10(11)8-12/h4-5,8H,6-7,9H2,1-3H3. The number of hydrogen-bond donors (Lipinski definition) is 0. The maximum Gasteiger partial charge on any atom is 0.122 e. The minimum atomic E-state index is -0.926. The van der Waals surface area contributed by atoms with Crippen LogP contribution in [0.4, 0.5) is 0 Å². The van der Waals surface area contributed by atoms with E-state index in [1.807, 2.05) is 0 Å². The van der Waals surface area contributed by atoms with Crippen molar-refractivity contribution in [2.75, 3.05) is 6.61 Å². The van der Waals surface area contributed by atoms with Crippen molar-refractivity contribution in [2.45, 2.75) is 32.4 Å². The molecule has 0 fully saturated rings. The molecule has 0 aliphatic carbocycles. The van der Waals surface area contributed by atoms with Gasteiger partial charge in [-0.25, -0.2) is 0 Å². The lowest BCUT2D eigenvalue weighted by Gasteiger charge is -2.15. The molecule has 1 rings (SSSR count). The van der Waals surface area contributed by atoms with E-state index in [-0.39, 0.29) is 0 Å². The molecule has 1 heterocycles. The number of rotatable bonds is 5. The molecule has 0 unspecified atom stereocenters. The second-order valence-corrected chi connectivity index (χ2v) is 11.6. The van der Waals surface area contributed by atoms with Gasteiger partial charge in [0.25, 0.3) is 0 Å². The van der Waals surface area contributed by atoms with Gasteiger partial charge in [0.05, 0.1) is 0 Å². The number of hydrogen-bond acceptors (Lipinski definition) is 1. The van der Waals surface area contributed by atoms with E-state index in [2.05, 4.69) is 65.3 Å². The molecule has 0 radical (unpaired) electrons. The summed E-state index contributed by atoms with van der Waals surface area (Å²) in [6.07, 6.45) is 4.14. The second kappa shape index (κ2) is 5.32. The summed E-state index contributed by atoms with van der Waals surface area (Å²) in [5.74, 6) is 0. The predicted molar refractivity (Wildman–Crippen MR) is 71.3 cm³/mol. The van der Waals surface area contributed by atoms with Gasteiger partial charge in [-0.05, 0) is 34.7 Å². The van der Waals surface area contributed by atoms with Gasteiger partial charge in [-0.15, -0.1) is 0 Å². The minimum absolute atomic E-state index is 0.688. The highest BCUT2D eigenvalue weighted by molar-refractivity contribution is 14.1. The fourth-order valence-electron chi connectivity index (χ4n) is 1.04. The molecule has 0 atom stereocenters. The van der Waals surface area contributed by atoms with Crippen LogP contribution in [0.1, 0.15) is 0 Å². The van der Waals surface area contributed by atoms with Crippen LogP contribution in [0.2, 0.25) is 25.7 Å². The summed E-state index contributed by atoms with van der Waals surface area (Å²) in [5.41, 5.74) is 0. The fraction of sp³-hybridized carbons (Fsp3) is 0.600. The van der Waals surface area contributed by atoms with Crippen molar-refractivity contribution >= 4 is 30.7 Å². The Bertz CT molecular complexity index is 280. The maximum absolute atomic E-state index is 5.60. The maximum atomic E-state index is 5.60. The molecule has 1 aromatic heterocycles. The topological polar surface area (TPSA) is 14.2 Å². The normalized spacial score (nSPS) is 12.0. The Morgan fingerprint density at radius 3 is 2.64 bits per heavy atom. The van der Waals surface area contributed by atoms with Crippen LogP contribution in [0.15, 0.2) is 18.5 Å². The van der Waals surface area contributed by atoms with Crippen LogP contribution in [0.3, 0.4) is 0 Å². The van der Waals surface area contributed by atoms with Gasteiger partial charge < -0.3 is 9.30 Å². The van der Waals surface area contributed by atoms with Gasteiger partial charge in [0.2, 0.25) is 0 Å². The van der Waals surface area contributed by atoms with Crippen LogP contribution in [0, 0.1) is 3.57 Å². The summed E-state index contributed by atoms with van der Waals surface area (Å²) in [7, 11) is -0.926. The summed E-state index contributed by atoms with van der Waals surface area (Å²) in [6, 6.07) is 3.33. The van der Waals surface area contributed by atoms with Crippen molar-refractivity contribution in [3.63, 3.8) is 0 Å². The first-order valence-electron chi connectivity index (χ1n) is 4.86. The molecule has 0 aromatic carbocycles. The number of aromatic nitrogens is 1. The van der Waals surface area contributed by atoms with Crippen LogP contribution in [0.25, 0.3) is 0 Å². The molecular weight excluding hydrogens is 305 g/mol. The summed E-state index contributed by atoms with van der Waals surface area (Å²) < 4.78 is 8.94. The zero-order valence-electron chi connectivity index (χ0n) is 9.09. The molecule has 1 aromatic rings. The summed E-state index contributed by atoms with van der Waals surface area (Å²) in [4.78, 5) is 0. The van der Waals surface area contributed by atoms with Crippen LogP contribution in [-0.4, -0.2) is 19.2 Å². The molecule has 0 bridgehead atoms. The third-order valence-electron chi connectivity index (χ3n) is 1.95. The molecule has 0 saturated heterocycles. The quantitative estimate of drug-likeness (QED) is 0.460. The first-order valence-corrected chi connectivity index (χ1v) is 9.65. The Morgan fingerprint density at radius 2 is 2.14 bits per heavy atom. The van der Waals surface area contributed by atoms with Crippen LogP contribution in [-0.2, 0) is 11.5 Å². The third kappa shape index (κ3) is 5.16. The molecule has 14 heavy (non-hydrogen) atoms. The summed E-state index contributed by atoms with van der Waals surface area (Å²) in [5, 5.41) is 0. The van der Waals surface area contributed by atoms with Gasteiger partial charge in [0, 0.05) is 30.6 Å². The van der Waals surface area contributed by atoms with Gasteiger partial charge >= 0.3 is 0 Å². The van der Waals surface area contributed by atoms with Crippen molar-refractivity contribution in [3.8, 4) is 0 Å². The van der Waals surface area contributed by atoms with Crippen LogP contribution >= 0.6 is 22.6 Å². The molecule has 0 saturated carbocycles. The van der Waals surface area contributed by atoms with E-state index in [1.165, 1.54) is 9.61 Å². The SMILES string of the molecule is C[Si](C)(C)CCOCn1ccc(I)c1. The molecular formula is C10H18INOSi. The Kier molecular flexibility index (Phi) is 4.66. The molecule has 4 heteroatoms. The molecule has 0 spiro atoms. The lowest BCUT2D eigenvalue weighted by Crippen LogP contribution is -2.21. The lowest BCUT2D eigenvalue weighted by molar-refractivity contribution is 0.0874. The monoisotopic (exact) mass is 323 g/mol. The first kappa shape index (κ1) is 12.3. The first-order chi connectivity index (χ1) is 6.47. The minimum Gasteiger partial charge on any atom is -0.361 e. The van der Waals surface area contributed by atoms with Gasteiger partial charge in [-0.3, -0.25) is 0 Å². The van der Waals surface area contributed by atoms with Crippen molar-refractivity contribution in [1.82, 2.24) is 4.57 Å². The van der Waals surface area contributed by atoms with Crippen molar-refractivity contribution < 1.29 is 4.74 Å². The average molecular weight is 323 g/mol. The number of halogens is 1.